The Kier molecular flexibility index (Phi) is 5.75. The molecule has 2 unspecified atom stereocenters. The number of aryl methyl sites for hydroxylation is 1. The summed E-state index contributed by atoms with van der Waals surface area (Å²) in [5, 5.41) is 9.47. The number of carbonyl (C=O) groups is 1. The van der Waals surface area contributed by atoms with E-state index in [9.17, 15) is 9.90 Å². The van der Waals surface area contributed by atoms with Crippen LogP contribution in [0.25, 0.3) is 0 Å². The van der Waals surface area contributed by atoms with Crippen LogP contribution in [0.1, 0.15) is 63.7 Å². The second kappa shape index (κ2) is 8.62. The highest BCUT2D eigenvalue weighted by atomic mass is 16.5. The van der Waals surface area contributed by atoms with Gasteiger partial charge >= 0.3 is 5.97 Å². The molecule has 0 aromatic heterocycles. The molecule has 154 valence electrons. The normalized spacial score (nSPS) is 18.3. The van der Waals surface area contributed by atoms with Gasteiger partial charge in [0.25, 0.3) is 0 Å². The van der Waals surface area contributed by atoms with Crippen molar-refractivity contribution in [3.05, 3.63) is 94.5 Å². The standard InChI is InChI=1S/C26H27NO3/c1-17-10-13-25(30-16-18-6-3-2-4-7-18)22(14-17)21-9-5-8-20(21)19-11-12-24(27)23(15-19)26(28)29/h2-4,6-7,10-15,20-21H,5,8-9,16,27H2,1H3,(H,28,29). The second-order valence-corrected chi connectivity index (χ2v) is 8.11. The SMILES string of the molecule is Cc1ccc(OCc2ccccc2)c(C2CCCC2c2ccc(N)c(C(=O)O)c2)c1. The predicted octanol–water partition coefficient (Wildman–Crippen LogP) is 5.91. The molecule has 1 aliphatic carbocycles. The third kappa shape index (κ3) is 4.18. The van der Waals surface area contributed by atoms with Crippen molar-refractivity contribution in [3.8, 4) is 5.75 Å². The molecule has 3 aromatic rings. The van der Waals surface area contributed by atoms with Gasteiger partial charge < -0.3 is 15.6 Å². The highest BCUT2D eigenvalue weighted by molar-refractivity contribution is 5.93. The van der Waals surface area contributed by atoms with Crippen molar-refractivity contribution >= 4 is 11.7 Å². The fourth-order valence-corrected chi connectivity index (χ4v) is 4.55. The first-order valence-corrected chi connectivity index (χ1v) is 10.4. The van der Waals surface area contributed by atoms with Crippen LogP contribution < -0.4 is 10.5 Å². The van der Waals surface area contributed by atoms with Gasteiger partial charge in [-0.05, 0) is 66.5 Å². The number of nitrogen functional groups attached to an aromatic ring is 1. The highest BCUT2D eigenvalue weighted by Crippen LogP contribution is 2.49. The van der Waals surface area contributed by atoms with E-state index in [0.29, 0.717) is 18.2 Å². The smallest absolute Gasteiger partial charge is 0.337 e. The fourth-order valence-electron chi connectivity index (χ4n) is 4.55. The number of ether oxygens (including phenoxy) is 1. The predicted molar refractivity (Wildman–Crippen MR) is 119 cm³/mol. The minimum Gasteiger partial charge on any atom is -0.489 e. The summed E-state index contributed by atoms with van der Waals surface area (Å²) in [7, 11) is 0. The Bertz CT molecular complexity index is 1050. The summed E-state index contributed by atoms with van der Waals surface area (Å²) in [5.41, 5.74) is 11.0. The van der Waals surface area contributed by atoms with E-state index in [4.69, 9.17) is 10.5 Å². The van der Waals surface area contributed by atoms with Crippen molar-refractivity contribution in [2.24, 2.45) is 0 Å². The van der Waals surface area contributed by atoms with Crippen LogP contribution in [0.15, 0.2) is 66.7 Å². The first kappa shape index (κ1) is 20.0. The number of carboxylic acid groups (broad SMARTS) is 1. The summed E-state index contributed by atoms with van der Waals surface area (Å²) in [5.74, 6) is 0.479. The monoisotopic (exact) mass is 401 g/mol. The van der Waals surface area contributed by atoms with E-state index in [1.807, 2.05) is 24.3 Å². The Morgan fingerprint density at radius 1 is 1.03 bits per heavy atom. The van der Waals surface area contributed by atoms with E-state index >= 15 is 0 Å². The van der Waals surface area contributed by atoms with Gasteiger partial charge in [0.2, 0.25) is 0 Å². The summed E-state index contributed by atoms with van der Waals surface area (Å²) in [6.45, 7) is 2.62. The minimum absolute atomic E-state index is 0.183. The zero-order valence-electron chi connectivity index (χ0n) is 17.2. The third-order valence-corrected chi connectivity index (χ3v) is 6.05. The van der Waals surface area contributed by atoms with Crippen LogP contribution in [0.3, 0.4) is 0 Å². The van der Waals surface area contributed by atoms with Crippen molar-refractivity contribution in [2.75, 3.05) is 5.73 Å². The van der Waals surface area contributed by atoms with Gasteiger partial charge in [0.15, 0.2) is 0 Å². The van der Waals surface area contributed by atoms with Crippen LogP contribution >= 0.6 is 0 Å². The maximum atomic E-state index is 11.6. The van der Waals surface area contributed by atoms with Crippen molar-refractivity contribution in [2.45, 2.75) is 44.6 Å². The number of anilines is 1. The van der Waals surface area contributed by atoms with Gasteiger partial charge in [-0.3, -0.25) is 0 Å². The van der Waals surface area contributed by atoms with Crippen LogP contribution in [0.2, 0.25) is 0 Å². The van der Waals surface area contributed by atoms with Crippen LogP contribution in [-0.4, -0.2) is 11.1 Å². The number of hydrogen-bond donors (Lipinski definition) is 2. The van der Waals surface area contributed by atoms with Gasteiger partial charge in [-0.15, -0.1) is 0 Å². The molecule has 0 spiro atoms. The van der Waals surface area contributed by atoms with Crippen LogP contribution in [0, 0.1) is 6.92 Å². The number of carboxylic acids is 1. The molecule has 3 N–H and O–H groups in total. The lowest BCUT2D eigenvalue weighted by molar-refractivity contribution is 0.0698. The molecule has 3 aromatic carbocycles. The van der Waals surface area contributed by atoms with E-state index in [-0.39, 0.29) is 11.5 Å². The van der Waals surface area contributed by atoms with Gasteiger partial charge in [0, 0.05) is 5.69 Å². The lowest BCUT2D eigenvalue weighted by Gasteiger charge is -2.24. The molecular weight excluding hydrogens is 374 g/mol. The molecule has 4 heteroatoms. The van der Waals surface area contributed by atoms with E-state index in [1.165, 1.54) is 11.1 Å². The molecular formula is C26H27NO3. The zero-order valence-corrected chi connectivity index (χ0v) is 17.2. The van der Waals surface area contributed by atoms with Crippen molar-refractivity contribution in [1.82, 2.24) is 0 Å². The Balaban J connectivity index is 1.65. The van der Waals surface area contributed by atoms with Crippen molar-refractivity contribution in [3.63, 3.8) is 0 Å². The average Bonchev–Trinajstić information content (AvgIpc) is 3.23. The second-order valence-electron chi connectivity index (χ2n) is 8.11. The molecule has 2 atom stereocenters. The third-order valence-electron chi connectivity index (χ3n) is 6.05. The van der Waals surface area contributed by atoms with Gasteiger partial charge in [-0.25, -0.2) is 4.79 Å². The zero-order chi connectivity index (χ0) is 21.1. The summed E-state index contributed by atoms with van der Waals surface area (Å²) in [6, 6.07) is 22.0. The molecule has 30 heavy (non-hydrogen) atoms. The van der Waals surface area contributed by atoms with Crippen LogP contribution in [0.5, 0.6) is 5.75 Å². The van der Waals surface area contributed by atoms with E-state index in [0.717, 1.165) is 36.1 Å². The number of aromatic carboxylic acids is 1. The van der Waals surface area contributed by atoms with Crippen LogP contribution in [0.4, 0.5) is 5.69 Å². The van der Waals surface area contributed by atoms with Crippen LogP contribution in [-0.2, 0) is 6.61 Å². The minimum atomic E-state index is -0.980. The maximum absolute atomic E-state index is 11.6. The van der Waals surface area contributed by atoms with Gasteiger partial charge in [-0.2, -0.15) is 0 Å². The number of hydrogen-bond acceptors (Lipinski definition) is 3. The largest absolute Gasteiger partial charge is 0.489 e. The summed E-state index contributed by atoms with van der Waals surface area (Å²) in [4.78, 5) is 11.6. The molecule has 1 saturated carbocycles. The molecule has 0 bridgehead atoms. The molecule has 4 nitrogen and oxygen atoms in total. The van der Waals surface area contributed by atoms with E-state index in [2.05, 4.69) is 37.3 Å². The molecule has 0 amide bonds. The van der Waals surface area contributed by atoms with E-state index < -0.39 is 5.97 Å². The molecule has 1 aliphatic rings. The Hall–Kier alpha value is -3.27. The maximum Gasteiger partial charge on any atom is 0.337 e. The number of nitrogens with two attached hydrogens (primary N) is 1. The highest BCUT2D eigenvalue weighted by Gasteiger charge is 2.32. The lowest BCUT2D eigenvalue weighted by Crippen LogP contribution is -2.10. The first-order chi connectivity index (χ1) is 14.5. The summed E-state index contributed by atoms with van der Waals surface area (Å²) in [6.07, 6.45) is 3.19. The summed E-state index contributed by atoms with van der Waals surface area (Å²) >= 11 is 0. The number of benzene rings is 3. The fraction of sp³-hybridized carbons (Fsp3) is 0.269. The number of rotatable bonds is 6. The van der Waals surface area contributed by atoms with Crippen molar-refractivity contribution in [1.29, 1.82) is 0 Å². The lowest BCUT2D eigenvalue weighted by atomic mass is 9.82. The molecule has 0 saturated heterocycles. The Labute approximate surface area is 177 Å². The topological polar surface area (TPSA) is 72.5 Å². The van der Waals surface area contributed by atoms with Gasteiger partial charge in [0.1, 0.15) is 12.4 Å². The molecule has 0 radical (unpaired) electrons. The first-order valence-electron chi connectivity index (χ1n) is 10.4. The quantitative estimate of drug-likeness (QED) is 0.504. The summed E-state index contributed by atoms with van der Waals surface area (Å²) < 4.78 is 6.24. The van der Waals surface area contributed by atoms with Gasteiger partial charge in [-0.1, -0.05) is 60.5 Å². The van der Waals surface area contributed by atoms with E-state index in [1.54, 1.807) is 12.1 Å². The van der Waals surface area contributed by atoms with Crippen molar-refractivity contribution < 1.29 is 14.6 Å². The Morgan fingerprint density at radius 2 is 1.80 bits per heavy atom. The van der Waals surface area contributed by atoms with Gasteiger partial charge in [0.05, 0.1) is 5.56 Å². The molecule has 0 aliphatic heterocycles. The Morgan fingerprint density at radius 3 is 2.57 bits per heavy atom. The molecule has 0 heterocycles. The average molecular weight is 402 g/mol. The molecule has 4 rings (SSSR count). The molecule has 1 fully saturated rings.